The summed E-state index contributed by atoms with van der Waals surface area (Å²) in [5.74, 6) is -3.10. The summed E-state index contributed by atoms with van der Waals surface area (Å²) < 4.78 is 5.38. The van der Waals surface area contributed by atoms with Crippen LogP contribution in [0.1, 0.15) is 22.3 Å². The minimum absolute atomic E-state index is 0.197. The monoisotopic (exact) mass is 362 g/mol. The first-order valence-electron chi connectivity index (χ1n) is 7.10. The number of carbonyl (C=O) groups is 2. The predicted octanol–water partition coefficient (Wildman–Crippen LogP) is 3.90. The molecule has 0 bridgehead atoms. The zero-order valence-corrected chi connectivity index (χ0v) is 13.8. The largest absolute Gasteiger partial charge is 0.453 e. The molecule has 0 radical (unpaired) electrons. The molecule has 4 nitrogen and oxygen atoms in total. The maximum atomic E-state index is 12.3. The third-order valence-electron chi connectivity index (χ3n) is 3.62. The molecule has 0 saturated heterocycles. The van der Waals surface area contributed by atoms with Gasteiger partial charge in [-0.15, -0.1) is 0 Å². The van der Waals surface area contributed by atoms with Gasteiger partial charge >= 0.3 is 0 Å². The SMILES string of the molecule is O=C(CC1(O)OC(c2ccc(Cl)cc2)=CC1=O)c1ccc(Cl)cc1. The lowest BCUT2D eigenvalue weighted by Gasteiger charge is -2.21. The van der Waals surface area contributed by atoms with E-state index in [1.807, 2.05) is 0 Å². The topological polar surface area (TPSA) is 63.6 Å². The molecule has 0 aromatic heterocycles. The van der Waals surface area contributed by atoms with Crippen molar-refractivity contribution in [3.05, 3.63) is 75.8 Å². The van der Waals surface area contributed by atoms with E-state index in [0.29, 0.717) is 21.2 Å². The van der Waals surface area contributed by atoms with Gasteiger partial charge in [0, 0.05) is 27.2 Å². The Morgan fingerprint density at radius 2 is 1.54 bits per heavy atom. The second-order valence-electron chi connectivity index (χ2n) is 5.37. The van der Waals surface area contributed by atoms with Gasteiger partial charge in [0.05, 0.1) is 6.42 Å². The van der Waals surface area contributed by atoms with Gasteiger partial charge in [0.1, 0.15) is 5.76 Å². The number of halogens is 2. The van der Waals surface area contributed by atoms with Crippen LogP contribution >= 0.6 is 23.2 Å². The van der Waals surface area contributed by atoms with Gasteiger partial charge in [0.2, 0.25) is 5.78 Å². The minimum Gasteiger partial charge on any atom is -0.453 e. The quantitative estimate of drug-likeness (QED) is 0.837. The number of carbonyl (C=O) groups excluding carboxylic acids is 2. The van der Waals surface area contributed by atoms with Crippen molar-refractivity contribution in [2.75, 3.05) is 0 Å². The summed E-state index contributed by atoms with van der Waals surface area (Å²) in [6, 6.07) is 12.8. The molecular formula is C18H12Cl2O4. The maximum Gasteiger partial charge on any atom is 0.279 e. The standard InChI is InChI=1S/C18H12Cl2O4/c19-13-5-1-11(2-6-13)15(21)10-18(23)17(22)9-16(24-18)12-3-7-14(20)8-4-12/h1-9,23H,10H2. The predicted molar refractivity (Wildman–Crippen MR) is 90.9 cm³/mol. The average Bonchev–Trinajstić information content (AvgIpc) is 2.83. The molecule has 0 spiro atoms. The van der Waals surface area contributed by atoms with Crippen molar-refractivity contribution in [1.82, 2.24) is 0 Å². The summed E-state index contributed by atoms with van der Waals surface area (Å²) in [4.78, 5) is 24.4. The Labute approximate surface area is 148 Å². The molecule has 1 aliphatic rings. The molecule has 122 valence electrons. The number of benzene rings is 2. The van der Waals surface area contributed by atoms with Crippen LogP contribution in [-0.4, -0.2) is 22.5 Å². The van der Waals surface area contributed by atoms with Gasteiger partial charge in [-0.25, -0.2) is 0 Å². The van der Waals surface area contributed by atoms with Crippen molar-refractivity contribution in [3.63, 3.8) is 0 Å². The van der Waals surface area contributed by atoms with Crippen LogP contribution in [0.3, 0.4) is 0 Å². The number of Topliss-reactive ketones (excluding diaryl/α,β-unsaturated/α-hetero) is 1. The van der Waals surface area contributed by atoms with Crippen molar-refractivity contribution in [3.8, 4) is 0 Å². The maximum absolute atomic E-state index is 12.3. The van der Waals surface area contributed by atoms with Gasteiger partial charge in [0.15, 0.2) is 5.78 Å². The molecular weight excluding hydrogens is 351 g/mol. The number of rotatable bonds is 4. The molecule has 1 unspecified atom stereocenters. The normalized spacial score (nSPS) is 19.8. The Kier molecular flexibility index (Phi) is 4.45. The Hall–Kier alpha value is -2.14. The summed E-state index contributed by atoms with van der Waals surface area (Å²) >= 11 is 11.6. The molecule has 6 heteroatoms. The fourth-order valence-electron chi connectivity index (χ4n) is 2.33. The highest BCUT2D eigenvalue weighted by molar-refractivity contribution is 6.31. The molecule has 0 fully saturated rings. The molecule has 1 N–H and O–H groups in total. The summed E-state index contributed by atoms with van der Waals surface area (Å²) in [5.41, 5.74) is 0.923. The van der Waals surface area contributed by atoms with Crippen LogP contribution in [0, 0.1) is 0 Å². The lowest BCUT2D eigenvalue weighted by molar-refractivity contribution is -0.167. The van der Waals surface area contributed by atoms with Crippen LogP contribution in [0.2, 0.25) is 10.0 Å². The van der Waals surface area contributed by atoms with Crippen molar-refractivity contribution in [2.45, 2.75) is 12.2 Å². The second kappa shape index (κ2) is 6.40. The van der Waals surface area contributed by atoms with E-state index in [2.05, 4.69) is 0 Å². The number of aliphatic hydroxyl groups is 1. The van der Waals surface area contributed by atoms with Crippen molar-refractivity contribution >= 4 is 40.5 Å². The van der Waals surface area contributed by atoms with E-state index in [9.17, 15) is 14.7 Å². The first kappa shape index (κ1) is 16.7. The van der Waals surface area contributed by atoms with E-state index in [-0.39, 0.29) is 5.76 Å². The fourth-order valence-corrected chi connectivity index (χ4v) is 2.58. The third kappa shape index (κ3) is 3.36. The van der Waals surface area contributed by atoms with Crippen molar-refractivity contribution < 1.29 is 19.4 Å². The van der Waals surface area contributed by atoms with E-state index in [0.717, 1.165) is 0 Å². The highest BCUT2D eigenvalue weighted by Gasteiger charge is 2.45. The van der Waals surface area contributed by atoms with Gasteiger partial charge in [-0.3, -0.25) is 9.59 Å². The van der Waals surface area contributed by atoms with Crippen LogP contribution in [0.15, 0.2) is 54.6 Å². The van der Waals surface area contributed by atoms with Crippen LogP contribution in [-0.2, 0) is 9.53 Å². The zero-order valence-electron chi connectivity index (χ0n) is 12.3. The summed E-state index contributed by atoms with van der Waals surface area (Å²) in [6.07, 6.45) is 0.694. The van der Waals surface area contributed by atoms with Crippen molar-refractivity contribution in [2.24, 2.45) is 0 Å². The average molecular weight is 363 g/mol. The van der Waals surface area contributed by atoms with Crippen LogP contribution in [0.5, 0.6) is 0 Å². The van der Waals surface area contributed by atoms with Gasteiger partial charge in [-0.2, -0.15) is 0 Å². The molecule has 0 saturated carbocycles. The Morgan fingerprint density at radius 1 is 1.00 bits per heavy atom. The minimum atomic E-state index is -2.20. The highest BCUT2D eigenvalue weighted by Crippen LogP contribution is 2.33. The molecule has 0 amide bonds. The summed E-state index contributed by atoms with van der Waals surface area (Å²) in [5, 5.41) is 11.5. The van der Waals surface area contributed by atoms with Gasteiger partial charge < -0.3 is 9.84 Å². The van der Waals surface area contributed by atoms with E-state index < -0.39 is 23.8 Å². The molecule has 3 rings (SSSR count). The Morgan fingerprint density at radius 3 is 2.12 bits per heavy atom. The number of ketones is 2. The molecule has 0 aliphatic carbocycles. The van der Waals surface area contributed by atoms with E-state index in [1.165, 1.54) is 18.2 Å². The summed E-state index contributed by atoms with van der Waals surface area (Å²) in [6.45, 7) is 0. The summed E-state index contributed by atoms with van der Waals surface area (Å²) in [7, 11) is 0. The van der Waals surface area contributed by atoms with E-state index >= 15 is 0 Å². The first-order valence-corrected chi connectivity index (χ1v) is 7.85. The number of ether oxygens (including phenoxy) is 1. The Balaban J connectivity index is 1.77. The molecule has 2 aromatic carbocycles. The smallest absolute Gasteiger partial charge is 0.279 e. The van der Waals surface area contributed by atoms with E-state index in [1.54, 1.807) is 36.4 Å². The first-order chi connectivity index (χ1) is 11.4. The highest BCUT2D eigenvalue weighted by atomic mass is 35.5. The third-order valence-corrected chi connectivity index (χ3v) is 4.13. The van der Waals surface area contributed by atoms with Gasteiger partial charge in [0.25, 0.3) is 5.79 Å². The van der Waals surface area contributed by atoms with E-state index in [4.69, 9.17) is 27.9 Å². The zero-order chi connectivity index (χ0) is 17.3. The molecule has 1 aliphatic heterocycles. The lowest BCUT2D eigenvalue weighted by atomic mass is 10.0. The number of hydrogen-bond donors (Lipinski definition) is 1. The lowest BCUT2D eigenvalue weighted by Crippen LogP contribution is -2.38. The molecule has 1 atom stereocenters. The van der Waals surface area contributed by atoms with Crippen LogP contribution < -0.4 is 0 Å². The molecule has 24 heavy (non-hydrogen) atoms. The van der Waals surface area contributed by atoms with Gasteiger partial charge in [-0.1, -0.05) is 23.2 Å². The fraction of sp³-hybridized carbons (Fsp3) is 0.111. The van der Waals surface area contributed by atoms with Crippen LogP contribution in [0.25, 0.3) is 5.76 Å². The van der Waals surface area contributed by atoms with Gasteiger partial charge in [-0.05, 0) is 48.5 Å². The number of hydrogen-bond acceptors (Lipinski definition) is 4. The van der Waals surface area contributed by atoms with Crippen LogP contribution in [0.4, 0.5) is 0 Å². The molecule has 2 aromatic rings. The molecule has 1 heterocycles. The Bertz CT molecular complexity index is 825. The van der Waals surface area contributed by atoms with Crippen molar-refractivity contribution in [1.29, 1.82) is 0 Å². The second-order valence-corrected chi connectivity index (χ2v) is 6.25.